The van der Waals surface area contributed by atoms with Crippen molar-refractivity contribution >= 4 is 0 Å². The quantitative estimate of drug-likeness (QED) is 0.840. The first-order valence-corrected chi connectivity index (χ1v) is 7.11. The van der Waals surface area contributed by atoms with Crippen LogP contribution in [0.25, 0.3) is 0 Å². The van der Waals surface area contributed by atoms with Gasteiger partial charge in [0.05, 0.1) is 6.04 Å². The molecule has 0 aromatic heterocycles. The monoisotopic (exact) mass is 253 g/mol. The molecule has 0 aliphatic heterocycles. The van der Waals surface area contributed by atoms with Gasteiger partial charge in [-0.1, -0.05) is 67.4 Å². The molecule has 1 atom stereocenters. The van der Waals surface area contributed by atoms with Crippen LogP contribution >= 0.6 is 0 Å². The van der Waals surface area contributed by atoms with E-state index in [0.29, 0.717) is 0 Å². The number of hydrogen-bond donors (Lipinski definition) is 1. The zero-order valence-electron chi connectivity index (χ0n) is 11.9. The highest BCUT2D eigenvalue weighted by molar-refractivity contribution is 5.34. The largest absolute Gasteiger partial charge is 0.320 e. The lowest BCUT2D eigenvalue weighted by atomic mass is 9.97. The minimum atomic E-state index is -0.0270. The second-order valence-corrected chi connectivity index (χ2v) is 5.23. The van der Waals surface area contributed by atoms with Gasteiger partial charge in [0, 0.05) is 0 Å². The first-order chi connectivity index (χ1) is 9.20. The first-order valence-electron chi connectivity index (χ1n) is 7.11. The van der Waals surface area contributed by atoms with Gasteiger partial charge in [0.2, 0.25) is 0 Å². The standard InChI is InChI=1S/C18H23N/c1-3-4-5-15-8-12-17(13-9-15)18(19)16-10-6-14(2)7-11-16/h6-13,18H,3-5,19H2,1-2H3. The molecule has 1 heteroatoms. The molecule has 0 bridgehead atoms. The highest BCUT2D eigenvalue weighted by Gasteiger charge is 2.08. The Balaban J connectivity index is 2.10. The average Bonchev–Trinajstić information content (AvgIpc) is 2.46. The van der Waals surface area contributed by atoms with Crippen LogP contribution in [0.15, 0.2) is 48.5 Å². The van der Waals surface area contributed by atoms with Gasteiger partial charge in [-0.2, -0.15) is 0 Å². The van der Waals surface area contributed by atoms with Crippen molar-refractivity contribution in [1.29, 1.82) is 0 Å². The van der Waals surface area contributed by atoms with E-state index in [1.807, 2.05) is 0 Å². The van der Waals surface area contributed by atoms with E-state index in [2.05, 4.69) is 62.4 Å². The molecule has 100 valence electrons. The van der Waals surface area contributed by atoms with E-state index in [0.717, 1.165) is 6.42 Å². The molecule has 2 aromatic carbocycles. The van der Waals surface area contributed by atoms with Gasteiger partial charge in [0.15, 0.2) is 0 Å². The summed E-state index contributed by atoms with van der Waals surface area (Å²) in [4.78, 5) is 0. The Labute approximate surface area is 116 Å². The van der Waals surface area contributed by atoms with E-state index < -0.39 is 0 Å². The van der Waals surface area contributed by atoms with Crippen LogP contribution in [0.1, 0.15) is 48.1 Å². The van der Waals surface area contributed by atoms with E-state index in [9.17, 15) is 0 Å². The van der Waals surface area contributed by atoms with Crippen LogP contribution in [-0.2, 0) is 6.42 Å². The smallest absolute Gasteiger partial charge is 0.0551 e. The lowest BCUT2D eigenvalue weighted by Crippen LogP contribution is -2.11. The Morgan fingerprint density at radius 3 is 1.95 bits per heavy atom. The summed E-state index contributed by atoms with van der Waals surface area (Å²) >= 11 is 0. The Morgan fingerprint density at radius 2 is 1.42 bits per heavy atom. The summed E-state index contributed by atoms with van der Waals surface area (Å²) in [6.45, 7) is 4.32. The van der Waals surface area contributed by atoms with Crippen LogP contribution in [0, 0.1) is 6.92 Å². The minimum Gasteiger partial charge on any atom is -0.320 e. The lowest BCUT2D eigenvalue weighted by molar-refractivity contribution is 0.793. The van der Waals surface area contributed by atoms with Crippen molar-refractivity contribution in [2.75, 3.05) is 0 Å². The summed E-state index contributed by atoms with van der Waals surface area (Å²) < 4.78 is 0. The Kier molecular flexibility index (Phi) is 4.75. The predicted molar refractivity (Wildman–Crippen MR) is 82.3 cm³/mol. The molecule has 1 nitrogen and oxygen atoms in total. The second-order valence-electron chi connectivity index (χ2n) is 5.23. The summed E-state index contributed by atoms with van der Waals surface area (Å²) in [5, 5.41) is 0. The summed E-state index contributed by atoms with van der Waals surface area (Å²) in [6.07, 6.45) is 3.66. The molecule has 0 heterocycles. The molecule has 0 radical (unpaired) electrons. The van der Waals surface area contributed by atoms with Gasteiger partial charge < -0.3 is 5.73 Å². The third-order valence-corrected chi connectivity index (χ3v) is 3.59. The number of unbranched alkanes of at least 4 members (excludes halogenated alkanes) is 1. The van der Waals surface area contributed by atoms with Crippen molar-refractivity contribution in [2.45, 2.75) is 39.2 Å². The van der Waals surface area contributed by atoms with Gasteiger partial charge >= 0.3 is 0 Å². The van der Waals surface area contributed by atoms with Crippen LogP contribution in [0.3, 0.4) is 0 Å². The van der Waals surface area contributed by atoms with Gasteiger partial charge in [-0.25, -0.2) is 0 Å². The molecule has 0 spiro atoms. The maximum Gasteiger partial charge on any atom is 0.0551 e. The van der Waals surface area contributed by atoms with Crippen molar-refractivity contribution in [1.82, 2.24) is 0 Å². The number of hydrogen-bond acceptors (Lipinski definition) is 1. The van der Waals surface area contributed by atoms with E-state index >= 15 is 0 Å². The van der Waals surface area contributed by atoms with Crippen molar-refractivity contribution in [2.24, 2.45) is 5.73 Å². The van der Waals surface area contributed by atoms with E-state index in [1.54, 1.807) is 0 Å². The SMILES string of the molecule is CCCCc1ccc(C(N)c2ccc(C)cc2)cc1. The molecule has 0 aliphatic carbocycles. The maximum atomic E-state index is 6.32. The zero-order chi connectivity index (χ0) is 13.7. The van der Waals surface area contributed by atoms with E-state index in [-0.39, 0.29) is 6.04 Å². The van der Waals surface area contributed by atoms with Crippen LogP contribution < -0.4 is 5.73 Å². The molecule has 0 saturated carbocycles. The Morgan fingerprint density at radius 1 is 0.895 bits per heavy atom. The van der Waals surface area contributed by atoms with Gasteiger partial charge in [-0.05, 0) is 36.5 Å². The van der Waals surface area contributed by atoms with Crippen molar-refractivity contribution < 1.29 is 0 Å². The molecule has 19 heavy (non-hydrogen) atoms. The number of nitrogens with two attached hydrogens (primary N) is 1. The Hall–Kier alpha value is -1.60. The fraction of sp³-hybridized carbons (Fsp3) is 0.333. The molecule has 2 N–H and O–H groups in total. The normalized spacial score (nSPS) is 12.4. The van der Waals surface area contributed by atoms with Gasteiger partial charge in [0.25, 0.3) is 0 Å². The first kappa shape index (κ1) is 13.8. The molecular formula is C18H23N. The fourth-order valence-corrected chi connectivity index (χ4v) is 2.24. The molecule has 2 rings (SSSR count). The van der Waals surface area contributed by atoms with Gasteiger partial charge in [0.1, 0.15) is 0 Å². The predicted octanol–water partition coefficient (Wildman–Crippen LogP) is 4.39. The van der Waals surface area contributed by atoms with Crippen LogP contribution in [0.5, 0.6) is 0 Å². The molecule has 1 unspecified atom stereocenters. The topological polar surface area (TPSA) is 26.0 Å². The van der Waals surface area contributed by atoms with Crippen molar-refractivity contribution in [3.05, 3.63) is 70.8 Å². The Bertz CT molecular complexity index is 496. The molecule has 0 aliphatic rings. The second kappa shape index (κ2) is 6.53. The van der Waals surface area contributed by atoms with Crippen LogP contribution in [0.2, 0.25) is 0 Å². The lowest BCUT2D eigenvalue weighted by Gasteiger charge is -2.13. The molecule has 0 amide bonds. The molecular weight excluding hydrogens is 230 g/mol. The highest BCUT2D eigenvalue weighted by atomic mass is 14.6. The van der Waals surface area contributed by atoms with Crippen molar-refractivity contribution in [3.63, 3.8) is 0 Å². The van der Waals surface area contributed by atoms with Gasteiger partial charge in [-0.3, -0.25) is 0 Å². The van der Waals surface area contributed by atoms with Crippen LogP contribution in [-0.4, -0.2) is 0 Å². The van der Waals surface area contributed by atoms with E-state index in [4.69, 9.17) is 5.73 Å². The number of aryl methyl sites for hydroxylation is 2. The highest BCUT2D eigenvalue weighted by Crippen LogP contribution is 2.20. The number of benzene rings is 2. The van der Waals surface area contributed by atoms with Crippen LogP contribution in [0.4, 0.5) is 0 Å². The summed E-state index contributed by atoms with van der Waals surface area (Å²) in [7, 11) is 0. The third-order valence-electron chi connectivity index (χ3n) is 3.59. The van der Waals surface area contributed by atoms with E-state index in [1.165, 1.54) is 35.1 Å². The molecule has 2 aromatic rings. The van der Waals surface area contributed by atoms with Crippen molar-refractivity contribution in [3.8, 4) is 0 Å². The third kappa shape index (κ3) is 3.68. The summed E-state index contributed by atoms with van der Waals surface area (Å²) in [5.74, 6) is 0. The molecule has 0 fully saturated rings. The zero-order valence-corrected chi connectivity index (χ0v) is 11.9. The summed E-state index contributed by atoms with van der Waals surface area (Å²) in [5.41, 5.74) is 11.3. The van der Waals surface area contributed by atoms with Gasteiger partial charge in [-0.15, -0.1) is 0 Å². The fourth-order valence-electron chi connectivity index (χ4n) is 2.24. The maximum absolute atomic E-state index is 6.32. The summed E-state index contributed by atoms with van der Waals surface area (Å²) in [6, 6.07) is 17.2. The average molecular weight is 253 g/mol. The molecule has 0 saturated heterocycles. The minimum absolute atomic E-state index is 0.0270. The number of rotatable bonds is 5.